The summed E-state index contributed by atoms with van der Waals surface area (Å²) < 4.78 is 3.76. The van der Waals surface area contributed by atoms with Gasteiger partial charge in [0, 0.05) is 44.3 Å². The highest BCUT2D eigenvalue weighted by molar-refractivity contribution is 5.85. The van der Waals surface area contributed by atoms with Gasteiger partial charge in [-0.2, -0.15) is 10.2 Å². The van der Waals surface area contributed by atoms with Gasteiger partial charge in [-0.15, -0.1) is 0 Å². The molecule has 10 nitrogen and oxygen atoms in total. The molecule has 0 radical (unpaired) electrons. The first-order valence-corrected chi connectivity index (χ1v) is 11.5. The van der Waals surface area contributed by atoms with Crippen molar-refractivity contribution < 1.29 is 9.59 Å². The molecule has 3 amide bonds. The van der Waals surface area contributed by atoms with Crippen molar-refractivity contribution in [1.82, 2.24) is 40.2 Å². The quantitative estimate of drug-likeness (QED) is 0.419. The number of hydrazine groups is 1. The molecule has 2 aromatic carbocycles. The van der Waals surface area contributed by atoms with Gasteiger partial charge >= 0.3 is 6.03 Å². The Morgan fingerprint density at radius 3 is 2.77 bits per heavy atom. The molecule has 0 unspecified atom stereocenters. The van der Waals surface area contributed by atoms with E-state index in [4.69, 9.17) is 0 Å². The summed E-state index contributed by atoms with van der Waals surface area (Å²) in [6.45, 7) is 2.16. The molecule has 1 aliphatic heterocycles. The second-order valence-corrected chi connectivity index (χ2v) is 8.76. The number of aromatic nitrogens is 4. The summed E-state index contributed by atoms with van der Waals surface area (Å²) in [7, 11) is 3.59. The Kier molecular flexibility index (Phi) is 6.19. The number of benzene rings is 2. The first-order valence-electron chi connectivity index (χ1n) is 11.5. The molecule has 0 saturated carbocycles. The van der Waals surface area contributed by atoms with E-state index in [2.05, 4.69) is 27.0 Å². The zero-order valence-electron chi connectivity index (χ0n) is 19.8. The minimum atomic E-state index is -0.353. The standard InChI is InChI=1S/C25H28N8O2/c1-30-15-20-12-19(8-9-22(20)28-30)21-14-27-33-11-10-32(16-23(21)33)24(34)17-31(2)29-25(35)26-13-18-6-4-3-5-7-18/h3-9,12,14-15H,10-11,13,16-17H2,1-2H3,(H2,26,29,35). The van der Waals surface area contributed by atoms with Crippen molar-refractivity contribution in [2.24, 2.45) is 7.05 Å². The third-order valence-electron chi connectivity index (χ3n) is 6.11. The number of aryl methyl sites for hydroxylation is 1. The number of hydrogen-bond acceptors (Lipinski definition) is 5. The van der Waals surface area contributed by atoms with Crippen LogP contribution in [0.4, 0.5) is 4.79 Å². The van der Waals surface area contributed by atoms with Gasteiger partial charge in [0.1, 0.15) is 0 Å². The van der Waals surface area contributed by atoms with Gasteiger partial charge in [-0.05, 0) is 23.3 Å². The molecule has 10 heteroatoms. The smallest absolute Gasteiger partial charge is 0.329 e. The van der Waals surface area contributed by atoms with E-state index in [0.29, 0.717) is 26.2 Å². The molecule has 3 heterocycles. The van der Waals surface area contributed by atoms with E-state index in [1.54, 1.807) is 11.7 Å². The highest BCUT2D eigenvalue weighted by Crippen LogP contribution is 2.29. The maximum Gasteiger partial charge on any atom is 0.329 e. The summed E-state index contributed by atoms with van der Waals surface area (Å²) in [5.74, 6) is -0.0584. The number of carbonyl (C=O) groups excluding carboxylic acids is 2. The second kappa shape index (κ2) is 9.59. The average molecular weight is 473 g/mol. The van der Waals surface area contributed by atoms with Gasteiger partial charge < -0.3 is 10.2 Å². The van der Waals surface area contributed by atoms with Crippen molar-refractivity contribution in [2.75, 3.05) is 20.1 Å². The molecular weight excluding hydrogens is 444 g/mol. The predicted molar refractivity (Wildman–Crippen MR) is 132 cm³/mol. The second-order valence-electron chi connectivity index (χ2n) is 8.76. The summed E-state index contributed by atoms with van der Waals surface area (Å²) in [6, 6.07) is 15.5. The number of amides is 3. The van der Waals surface area contributed by atoms with Crippen LogP contribution in [0.5, 0.6) is 0 Å². The Morgan fingerprint density at radius 2 is 1.94 bits per heavy atom. The molecule has 1 aliphatic rings. The zero-order chi connectivity index (χ0) is 24.4. The monoisotopic (exact) mass is 472 g/mol. The lowest BCUT2D eigenvalue weighted by atomic mass is 10.0. The average Bonchev–Trinajstić information content (AvgIpc) is 3.44. The number of rotatable bonds is 6. The Bertz CT molecular complexity index is 1360. The highest BCUT2D eigenvalue weighted by Gasteiger charge is 2.25. The Hall–Kier alpha value is -4.18. The molecule has 0 saturated heterocycles. The summed E-state index contributed by atoms with van der Waals surface area (Å²) in [4.78, 5) is 27.0. The lowest BCUT2D eigenvalue weighted by Gasteiger charge is -2.30. The fourth-order valence-electron chi connectivity index (χ4n) is 4.35. The fourth-order valence-corrected chi connectivity index (χ4v) is 4.35. The molecule has 0 aliphatic carbocycles. The van der Waals surface area contributed by atoms with Crippen LogP contribution < -0.4 is 10.7 Å². The third-order valence-corrected chi connectivity index (χ3v) is 6.11. The van der Waals surface area contributed by atoms with Crippen molar-refractivity contribution in [1.29, 1.82) is 0 Å². The summed E-state index contributed by atoms with van der Waals surface area (Å²) >= 11 is 0. The van der Waals surface area contributed by atoms with Crippen LogP contribution in [0.1, 0.15) is 11.3 Å². The van der Waals surface area contributed by atoms with E-state index in [1.807, 2.05) is 71.5 Å². The Labute approximate surface area is 203 Å². The highest BCUT2D eigenvalue weighted by atomic mass is 16.2. The van der Waals surface area contributed by atoms with E-state index < -0.39 is 0 Å². The van der Waals surface area contributed by atoms with Gasteiger partial charge in [-0.25, -0.2) is 9.80 Å². The topological polar surface area (TPSA) is 100 Å². The molecule has 180 valence electrons. The van der Waals surface area contributed by atoms with Gasteiger partial charge in [-0.3, -0.25) is 19.6 Å². The normalized spacial score (nSPS) is 13.2. The minimum absolute atomic E-state index is 0.0584. The molecule has 0 bridgehead atoms. The van der Waals surface area contributed by atoms with E-state index in [-0.39, 0.29) is 18.5 Å². The van der Waals surface area contributed by atoms with Crippen molar-refractivity contribution in [3.8, 4) is 11.1 Å². The van der Waals surface area contributed by atoms with E-state index >= 15 is 0 Å². The minimum Gasteiger partial charge on any atom is -0.334 e. The number of fused-ring (bicyclic) bond motifs is 2. The fraction of sp³-hybridized carbons (Fsp3) is 0.280. The van der Waals surface area contributed by atoms with E-state index in [1.165, 1.54) is 5.01 Å². The number of hydrogen-bond donors (Lipinski definition) is 2. The first kappa shape index (κ1) is 22.6. The van der Waals surface area contributed by atoms with Crippen LogP contribution in [0.15, 0.2) is 60.9 Å². The van der Waals surface area contributed by atoms with Gasteiger partial charge in [0.2, 0.25) is 5.91 Å². The van der Waals surface area contributed by atoms with Crippen LogP contribution in [-0.4, -0.2) is 61.5 Å². The first-order chi connectivity index (χ1) is 17.0. The maximum absolute atomic E-state index is 13.0. The van der Waals surface area contributed by atoms with Crippen molar-refractivity contribution in [3.05, 3.63) is 72.2 Å². The largest absolute Gasteiger partial charge is 0.334 e. The SMILES string of the molecule is CN(CC(=O)N1CCn2ncc(-c3ccc4nn(C)cc4c3)c2C1)NC(=O)NCc1ccccc1. The molecule has 0 atom stereocenters. The molecule has 5 rings (SSSR count). The number of carbonyl (C=O) groups is 2. The predicted octanol–water partition coefficient (Wildman–Crippen LogP) is 2.13. The molecular formula is C25H28N8O2. The lowest BCUT2D eigenvalue weighted by Crippen LogP contribution is -2.50. The Morgan fingerprint density at radius 1 is 1.11 bits per heavy atom. The van der Waals surface area contributed by atoms with Gasteiger partial charge in [0.15, 0.2) is 0 Å². The van der Waals surface area contributed by atoms with Crippen molar-refractivity contribution >= 4 is 22.8 Å². The number of nitrogens with zero attached hydrogens (tertiary/aromatic N) is 6. The van der Waals surface area contributed by atoms with Crippen LogP contribution in [0.25, 0.3) is 22.0 Å². The van der Waals surface area contributed by atoms with E-state index in [9.17, 15) is 9.59 Å². The van der Waals surface area contributed by atoms with Crippen LogP contribution in [0.2, 0.25) is 0 Å². The molecule has 35 heavy (non-hydrogen) atoms. The van der Waals surface area contributed by atoms with Gasteiger partial charge in [0.05, 0.1) is 37.0 Å². The maximum atomic E-state index is 13.0. The zero-order valence-corrected chi connectivity index (χ0v) is 19.8. The van der Waals surface area contributed by atoms with Gasteiger partial charge in [0.25, 0.3) is 0 Å². The van der Waals surface area contributed by atoms with Crippen molar-refractivity contribution in [3.63, 3.8) is 0 Å². The number of urea groups is 1. The Balaban J connectivity index is 1.20. The summed E-state index contributed by atoms with van der Waals surface area (Å²) in [5, 5.41) is 14.3. The van der Waals surface area contributed by atoms with Crippen molar-refractivity contribution in [2.45, 2.75) is 19.6 Å². The lowest BCUT2D eigenvalue weighted by molar-refractivity contribution is -0.134. The molecule has 2 N–H and O–H groups in total. The van der Waals surface area contributed by atoms with E-state index in [0.717, 1.165) is 33.3 Å². The van der Waals surface area contributed by atoms with Crippen LogP contribution in [0.3, 0.4) is 0 Å². The molecule has 2 aromatic heterocycles. The number of likely N-dealkylation sites (N-methyl/N-ethyl adjacent to an activating group) is 1. The summed E-state index contributed by atoms with van der Waals surface area (Å²) in [5.41, 5.74) is 7.72. The van der Waals surface area contributed by atoms with Gasteiger partial charge in [-0.1, -0.05) is 36.4 Å². The molecule has 0 fully saturated rings. The molecule has 0 spiro atoms. The molecule has 4 aromatic rings. The van der Waals surface area contributed by atoms with Crippen LogP contribution >= 0.6 is 0 Å². The van der Waals surface area contributed by atoms with Crippen LogP contribution in [-0.2, 0) is 31.5 Å². The number of nitrogens with one attached hydrogen (secondary N) is 2. The third kappa shape index (κ3) is 5.02. The van der Waals surface area contributed by atoms with Crippen LogP contribution in [0, 0.1) is 0 Å². The summed E-state index contributed by atoms with van der Waals surface area (Å²) in [6.07, 6.45) is 3.86.